The van der Waals surface area contributed by atoms with Crippen molar-refractivity contribution in [2.75, 3.05) is 11.9 Å². The zero-order valence-electron chi connectivity index (χ0n) is 8.53. The summed E-state index contributed by atoms with van der Waals surface area (Å²) in [6.45, 7) is 2.38. The van der Waals surface area contributed by atoms with Gasteiger partial charge in [0, 0.05) is 16.7 Å². The molecule has 0 saturated heterocycles. The Morgan fingerprint density at radius 2 is 2.20 bits per heavy atom. The molecule has 0 heterocycles. The van der Waals surface area contributed by atoms with Crippen molar-refractivity contribution < 1.29 is 9.90 Å². The third kappa shape index (κ3) is 3.91. The van der Waals surface area contributed by atoms with Gasteiger partial charge < -0.3 is 10.4 Å². The van der Waals surface area contributed by atoms with Gasteiger partial charge in [0.05, 0.1) is 5.92 Å². The van der Waals surface area contributed by atoms with E-state index in [-0.39, 0.29) is 5.92 Å². The van der Waals surface area contributed by atoms with Crippen molar-refractivity contribution in [3.8, 4) is 0 Å². The van der Waals surface area contributed by atoms with Crippen molar-refractivity contribution in [1.29, 1.82) is 0 Å². The second-order valence-electron chi connectivity index (χ2n) is 3.43. The smallest absolute Gasteiger partial charge is 0.306 e. The Bertz CT molecular complexity index is 341. The number of para-hydroxylation sites is 1. The number of anilines is 1. The van der Waals surface area contributed by atoms with Crippen molar-refractivity contribution in [2.24, 2.45) is 5.92 Å². The van der Waals surface area contributed by atoms with Crippen LogP contribution < -0.4 is 5.32 Å². The number of carbonyl (C=O) groups is 1. The molecule has 0 aliphatic rings. The molecule has 1 aromatic carbocycles. The zero-order valence-corrected chi connectivity index (χ0v) is 10.1. The molecule has 0 saturated carbocycles. The van der Waals surface area contributed by atoms with Gasteiger partial charge in [-0.1, -0.05) is 19.1 Å². The summed E-state index contributed by atoms with van der Waals surface area (Å²) in [6, 6.07) is 7.78. The van der Waals surface area contributed by atoms with Crippen molar-refractivity contribution in [3.05, 3.63) is 28.7 Å². The molecule has 82 valence electrons. The number of hydrogen-bond acceptors (Lipinski definition) is 2. The number of benzene rings is 1. The molecule has 0 radical (unpaired) electrons. The predicted molar refractivity (Wildman–Crippen MR) is 64.0 cm³/mol. The molecule has 0 amide bonds. The highest BCUT2D eigenvalue weighted by atomic mass is 79.9. The highest BCUT2D eigenvalue weighted by molar-refractivity contribution is 9.10. The fourth-order valence-electron chi connectivity index (χ4n) is 1.15. The number of carboxylic acid groups (broad SMARTS) is 1. The lowest BCUT2D eigenvalue weighted by Crippen LogP contribution is -2.14. The Morgan fingerprint density at radius 1 is 1.53 bits per heavy atom. The van der Waals surface area contributed by atoms with Gasteiger partial charge >= 0.3 is 5.97 Å². The first kappa shape index (κ1) is 12.0. The molecule has 0 aliphatic carbocycles. The summed E-state index contributed by atoms with van der Waals surface area (Å²) in [5, 5.41) is 11.9. The van der Waals surface area contributed by atoms with Gasteiger partial charge in [-0.15, -0.1) is 0 Å². The fraction of sp³-hybridized carbons (Fsp3) is 0.364. The summed E-state index contributed by atoms with van der Waals surface area (Å²) in [5.41, 5.74) is 0.995. The van der Waals surface area contributed by atoms with Crippen LogP contribution in [-0.4, -0.2) is 17.6 Å². The van der Waals surface area contributed by atoms with Gasteiger partial charge in [0.2, 0.25) is 0 Å². The molecule has 2 N–H and O–H groups in total. The average molecular weight is 272 g/mol. The van der Waals surface area contributed by atoms with Crippen LogP contribution >= 0.6 is 15.9 Å². The molecular formula is C11H14BrNO2. The molecule has 0 fully saturated rings. The summed E-state index contributed by atoms with van der Waals surface area (Å²) in [7, 11) is 0. The summed E-state index contributed by atoms with van der Waals surface area (Å²) >= 11 is 3.41. The van der Waals surface area contributed by atoms with Gasteiger partial charge in [-0.2, -0.15) is 0 Å². The number of hydrogen-bond donors (Lipinski definition) is 2. The van der Waals surface area contributed by atoms with Crippen molar-refractivity contribution in [1.82, 2.24) is 0 Å². The van der Waals surface area contributed by atoms with Gasteiger partial charge in [0.15, 0.2) is 0 Å². The van der Waals surface area contributed by atoms with E-state index in [0.717, 1.165) is 10.2 Å². The second-order valence-corrected chi connectivity index (χ2v) is 4.29. The lowest BCUT2D eigenvalue weighted by molar-refractivity contribution is -0.141. The van der Waals surface area contributed by atoms with Crippen LogP contribution in [0.2, 0.25) is 0 Å². The third-order valence-electron chi connectivity index (χ3n) is 2.19. The molecular weight excluding hydrogens is 258 g/mol. The largest absolute Gasteiger partial charge is 0.481 e. The lowest BCUT2D eigenvalue weighted by Gasteiger charge is -2.10. The van der Waals surface area contributed by atoms with Crippen molar-refractivity contribution in [3.63, 3.8) is 0 Å². The second kappa shape index (κ2) is 5.75. The Hall–Kier alpha value is -1.03. The molecule has 0 bridgehead atoms. The maximum atomic E-state index is 10.6. The lowest BCUT2D eigenvalue weighted by atomic mass is 10.1. The summed E-state index contributed by atoms with van der Waals surface area (Å²) in [5.74, 6) is -1.05. The molecule has 0 spiro atoms. The highest BCUT2D eigenvalue weighted by Gasteiger charge is 2.09. The number of nitrogens with one attached hydrogen (secondary N) is 1. The van der Waals surface area contributed by atoms with Crippen molar-refractivity contribution >= 4 is 27.6 Å². The van der Waals surface area contributed by atoms with Crippen LogP contribution in [0.4, 0.5) is 5.69 Å². The van der Waals surface area contributed by atoms with Crippen LogP contribution in [0.5, 0.6) is 0 Å². The van der Waals surface area contributed by atoms with Gasteiger partial charge in [-0.05, 0) is 34.5 Å². The van der Waals surface area contributed by atoms with Crippen LogP contribution in [0, 0.1) is 5.92 Å². The third-order valence-corrected chi connectivity index (χ3v) is 2.88. The average Bonchev–Trinajstić information content (AvgIpc) is 2.20. The Balaban J connectivity index is 2.38. The van der Waals surface area contributed by atoms with Gasteiger partial charge in [0.25, 0.3) is 0 Å². The Kier molecular flexibility index (Phi) is 4.62. The number of carboxylic acids is 1. The predicted octanol–water partition coefficient (Wildman–Crippen LogP) is 2.97. The monoisotopic (exact) mass is 271 g/mol. The number of halogens is 1. The van der Waals surface area contributed by atoms with Crippen LogP contribution in [0.3, 0.4) is 0 Å². The SMILES string of the molecule is CC(CCNc1ccccc1Br)C(=O)O. The molecule has 4 heteroatoms. The molecule has 0 aromatic heterocycles. The highest BCUT2D eigenvalue weighted by Crippen LogP contribution is 2.21. The van der Waals surface area contributed by atoms with E-state index in [1.165, 1.54) is 0 Å². The maximum absolute atomic E-state index is 10.6. The van der Waals surface area contributed by atoms with E-state index in [0.29, 0.717) is 13.0 Å². The van der Waals surface area contributed by atoms with Crippen LogP contribution in [0.1, 0.15) is 13.3 Å². The first-order chi connectivity index (χ1) is 7.11. The Morgan fingerprint density at radius 3 is 2.80 bits per heavy atom. The molecule has 0 aliphatic heterocycles. The minimum absolute atomic E-state index is 0.306. The van der Waals surface area contributed by atoms with Gasteiger partial charge in [-0.25, -0.2) is 0 Å². The van der Waals surface area contributed by atoms with Crippen molar-refractivity contribution in [2.45, 2.75) is 13.3 Å². The normalized spacial score (nSPS) is 12.1. The summed E-state index contributed by atoms with van der Waals surface area (Å²) in [4.78, 5) is 10.6. The van der Waals surface area contributed by atoms with E-state index < -0.39 is 5.97 Å². The standard InChI is InChI=1S/C11H14BrNO2/c1-8(11(14)15)6-7-13-10-5-3-2-4-9(10)12/h2-5,8,13H,6-7H2,1H3,(H,14,15). The molecule has 1 unspecified atom stereocenters. The summed E-state index contributed by atoms with van der Waals surface area (Å²) < 4.78 is 0.993. The molecule has 3 nitrogen and oxygen atoms in total. The molecule has 1 atom stereocenters. The minimum atomic E-state index is -0.746. The van der Waals surface area contributed by atoms with Gasteiger partial charge in [-0.3, -0.25) is 4.79 Å². The van der Waals surface area contributed by atoms with E-state index >= 15 is 0 Å². The fourth-order valence-corrected chi connectivity index (χ4v) is 1.58. The van der Waals surface area contributed by atoms with Crippen LogP contribution in [-0.2, 0) is 4.79 Å². The van der Waals surface area contributed by atoms with Gasteiger partial charge in [0.1, 0.15) is 0 Å². The quantitative estimate of drug-likeness (QED) is 0.866. The number of aliphatic carboxylic acids is 1. The first-order valence-electron chi connectivity index (χ1n) is 4.82. The topological polar surface area (TPSA) is 49.3 Å². The van der Waals surface area contributed by atoms with E-state index in [1.807, 2.05) is 24.3 Å². The Labute approximate surface area is 97.6 Å². The first-order valence-corrected chi connectivity index (χ1v) is 5.61. The number of rotatable bonds is 5. The maximum Gasteiger partial charge on any atom is 0.306 e. The summed E-state index contributed by atoms with van der Waals surface area (Å²) in [6.07, 6.45) is 0.622. The molecule has 1 aromatic rings. The molecule has 1 rings (SSSR count). The van der Waals surface area contributed by atoms with E-state index in [9.17, 15) is 4.79 Å². The zero-order chi connectivity index (χ0) is 11.3. The van der Waals surface area contributed by atoms with Crippen LogP contribution in [0.15, 0.2) is 28.7 Å². The minimum Gasteiger partial charge on any atom is -0.481 e. The van der Waals surface area contributed by atoms with E-state index in [4.69, 9.17) is 5.11 Å². The van der Waals surface area contributed by atoms with E-state index in [2.05, 4.69) is 21.2 Å². The molecule has 15 heavy (non-hydrogen) atoms. The van der Waals surface area contributed by atoms with E-state index in [1.54, 1.807) is 6.92 Å². The van der Waals surface area contributed by atoms with Crippen LogP contribution in [0.25, 0.3) is 0 Å².